The molecule has 18 heavy (non-hydrogen) atoms. The number of hydrogen-bond donors (Lipinski definition) is 1. The molecule has 2 aromatic rings. The van der Waals surface area contributed by atoms with Gasteiger partial charge in [-0.05, 0) is 42.5 Å². The van der Waals surface area contributed by atoms with Crippen molar-refractivity contribution < 1.29 is 4.74 Å². The highest BCUT2D eigenvalue weighted by Crippen LogP contribution is 2.26. The van der Waals surface area contributed by atoms with Crippen LogP contribution in [-0.4, -0.2) is 18.1 Å². The third-order valence-corrected chi connectivity index (χ3v) is 3.30. The van der Waals surface area contributed by atoms with Gasteiger partial charge in [-0.1, -0.05) is 13.8 Å². The molecule has 0 saturated carbocycles. The van der Waals surface area contributed by atoms with E-state index in [1.165, 1.54) is 0 Å². The van der Waals surface area contributed by atoms with Gasteiger partial charge in [0.15, 0.2) is 0 Å². The highest BCUT2D eigenvalue weighted by Gasteiger charge is 2.07. The summed E-state index contributed by atoms with van der Waals surface area (Å²) in [6.45, 7) is 4.38. The number of methoxy groups -OCH3 is 1. The van der Waals surface area contributed by atoms with Crippen LogP contribution < -0.4 is 10.1 Å². The van der Waals surface area contributed by atoms with Gasteiger partial charge in [-0.25, -0.2) is 4.98 Å². The molecule has 0 aliphatic carbocycles. The van der Waals surface area contributed by atoms with Crippen molar-refractivity contribution >= 4 is 16.6 Å². The highest BCUT2D eigenvalue weighted by atomic mass is 16.5. The van der Waals surface area contributed by atoms with Crippen LogP contribution in [0.1, 0.15) is 26.7 Å². The van der Waals surface area contributed by atoms with Gasteiger partial charge in [0.1, 0.15) is 11.6 Å². The number of hydrogen-bond acceptors (Lipinski definition) is 3. The fraction of sp³-hybridized carbons (Fsp3) is 0.400. The van der Waals surface area contributed by atoms with E-state index in [9.17, 15) is 0 Å². The molecule has 0 bridgehead atoms. The van der Waals surface area contributed by atoms with Crippen molar-refractivity contribution in [2.24, 2.45) is 0 Å². The van der Waals surface area contributed by atoms with Gasteiger partial charge in [-0.2, -0.15) is 0 Å². The van der Waals surface area contributed by atoms with E-state index in [1.54, 1.807) is 7.11 Å². The summed E-state index contributed by atoms with van der Waals surface area (Å²) in [5.41, 5.74) is 0. The lowest BCUT2D eigenvalue weighted by Gasteiger charge is -2.17. The molecule has 0 aliphatic rings. The number of nitrogens with zero attached hydrogens (tertiary/aromatic N) is 1. The number of benzene rings is 1. The molecular weight excluding hydrogens is 224 g/mol. The minimum absolute atomic E-state index is 0.477. The average Bonchev–Trinajstić information content (AvgIpc) is 2.44. The van der Waals surface area contributed by atoms with Crippen molar-refractivity contribution in [2.45, 2.75) is 32.7 Å². The molecule has 1 aromatic heterocycles. The van der Waals surface area contributed by atoms with Gasteiger partial charge in [0.05, 0.1) is 7.11 Å². The van der Waals surface area contributed by atoms with Crippen molar-refractivity contribution in [3.8, 4) is 5.75 Å². The van der Waals surface area contributed by atoms with Gasteiger partial charge in [0.25, 0.3) is 0 Å². The van der Waals surface area contributed by atoms with Crippen LogP contribution in [0.4, 0.5) is 5.82 Å². The zero-order valence-corrected chi connectivity index (χ0v) is 11.2. The zero-order chi connectivity index (χ0) is 13.0. The van der Waals surface area contributed by atoms with E-state index in [4.69, 9.17) is 4.74 Å². The van der Waals surface area contributed by atoms with Crippen molar-refractivity contribution in [2.75, 3.05) is 12.4 Å². The number of nitrogens with one attached hydrogen (secondary N) is 1. The fourth-order valence-electron chi connectivity index (χ4n) is 2.08. The molecule has 1 aromatic carbocycles. The molecule has 0 saturated heterocycles. The third kappa shape index (κ3) is 2.55. The molecule has 0 spiro atoms. The number of aromatic nitrogens is 1. The standard InChI is InChI=1S/C15H20N2O/c1-4-12(5-2)17-15-14-7-6-13(18-3)10-11(14)8-9-16-15/h6-10,12H,4-5H2,1-3H3,(H,16,17). The Kier molecular flexibility index (Phi) is 4.03. The average molecular weight is 244 g/mol. The Morgan fingerprint density at radius 2 is 2.00 bits per heavy atom. The Hall–Kier alpha value is -1.77. The van der Waals surface area contributed by atoms with Crippen molar-refractivity contribution in [3.63, 3.8) is 0 Å². The minimum Gasteiger partial charge on any atom is -0.497 e. The van der Waals surface area contributed by atoms with Crippen LogP contribution in [-0.2, 0) is 0 Å². The number of pyridine rings is 1. The third-order valence-electron chi connectivity index (χ3n) is 3.30. The molecule has 0 radical (unpaired) electrons. The Balaban J connectivity index is 2.39. The Bertz CT molecular complexity index is 521. The second-order valence-electron chi connectivity index (χ2n) is 4.40. The van der Waals surface area contributed by atoms with Crippen LogP contribution in [0.3, 0.4) is 0 Å². The topological polar surface area (TPSA) is 34.2 Å². The van der Waals surface area contributed by atoms with Crippen LogP contribution >= 0.6 is 0 Å². The molecule has 3 heteroatoms. The molecule has 1 N–H and O–H groups in total. The van der Waals surface area contributed by atoms with E-state index in [2.05, 4.69) is 30.2 Å². The maximum absolute atomic E-state index is 5.24. The molecule has 2 rings (SSSR count). The normalized spacial score (nSPS) is 10.9. The van der Waals surface area contributed by atoms with Crippen molar-refractivity contribution in [1.82, 2.24) is 4.98 Å². The second kappa shape index (κ2) is 5.71. The summed E-state index contributed by atoms with van der Waals surface area (Å²) in [5.74, 6) is 1.84. The van der Waals surface area contributed by atoms with Gasteiger partial charge < -0.3 is 10.1 Å². The fourth-order valence-corrected chi connectivity index (χ4v) is 2.08. The van der Waals surface area contributed by atoms with E-state index in [0.29, 0.717) is 6.04 Å². The van der Waals surface area contributed by atoms with Crippen LogP contribution in [0.25, 0.3) is 10.8 Å². The Morgan fingerprint density at radius 1 is 1.22 bits per heavy atom. The minimum atomic E-state index is 0.477. The Labute approximate surface area is 108 Å². The molecule has 0 aliphatic heterocycles. The number of anilines is 1. The zero-order valence-electron chi connectivity index (χ0n) is 11.2. The van der Waals surface area contributed by atoms with Gasteiger partial charge in [0.2, 0.25) is 0 Å². The van der Waals surface area contributed by atoms with E-state index in [1.807, 2.05) is 24.4 Å². The van der Waals surface area contributed by atoms with E-state index < -0.39 is 0 Å². The Morgan fingerprint density at radius 3 is 2.67 bits per heavy atom. The summed E-state index contributed by atoms with van der Waals surface area (Å²) < 4.78 is 5.24. The summed E-state index contributed by atoms with van der Waals surface area (Å²) in [6.07, 6.45) is 4.04. The molecule has 1 heterocycles. The summed E-state index contributed by atoms with van der Waals surface area (Å²) in [7, 11) is 1.69. The molecule has 0 fully saturated rings. The summed E-state index contributed by atoms with van der Waals surface area (Å²) in [6, 6.07) is 8.56. The summed E-state index contributed by atoms with van der Waals surface area (Å²) >= 11 is 0. The van der Waals surface area contributed by atoms with Crippen molar-refractivity contribution in [1.29, 1.82) is 0 Å². The van der Waals surface area contributed by atoms with Crippen molar-refractivity contribution in [3.05, 3.63) is 30.5 Å². The molecule has 3 nitrogen and oxygen atoms in total. The predicted molar refractivity (Wildman–Crippen MR) is 76.3 cm³/mol. The molecule has 0 amide bonds. The van der Waals surface area contributed by atoms with E-state index in [-0.39, 0.29) is 0 Å². The molecule has 96 valence electrons. The second-order valence-corrected chi connectivity index (χ2v) is 4.40. The first-order valence-corrected chi connectivity index (χ1v) is 6.47. The van der Waals surface area contributed by atoms with Crippen LogP contribution in [0, 0.1) is 0 Å². The lowest BCUT2D eigenvalue weighted by Crippen LogP contribution is -2.17. The van der Waals surface area contributed by atoms with Gasteiger partial charge in [-0.15, -0.1) is 0 Å². The SMILES string of the molecule is CCC(CC)Nc1nccc2cc(OC)ccc12. The summed E-state index contributed by atoms with van der Waals surface area (Å²) in [5, 5.41) is 5.80. The van der Waals surface area contributed by atoms with Crippen LogP contribution in [0.15, 0.2) is 30.5 Å². The molecule has 0 atom stereocenters. The van der Waals surface area contributed by atoms with Crippen LogP contribution in [0.5, 0.6) is 5.75 Å². The number of rotatable bonds is 5. The first kappa shape index (κ1) is 12.7. The maximum Gasteiger partial charge on any atom is 0.134 e. The predicted octanol–water partition coefficient (Wildman–Crippen LogP) is 3.84. The van der Waals surface area contributed by atoms with Crippen LogP contribution in [0.2, 0.25) is 0 Å². The van der Waals surface area contributed by atoms with Gasteiger partial charge >= 0.3 is 0 Å². The quantitative estimate of drug-likeness (QED) is 0.867. The first-order valence-electron chi connectivity index (χ1n) is 6.47. The summed E-state index contributed by atoms with van der Waals surface area (Å²) in [4.78, 5) is 4.45. The first-order chi connectivity index (χ1) is 8.78. The van der Waals surface area contributed by atoms with E-state index >= 15 is 0 Å². The monoisotopic (exact) mass is 244 g/mol. The number of ether oxygens (including phenoxy) is 1. The van der Waals surface area contributed by atoms with Gasteiger partial charge in [-0.3, -0.25) is 0 Å². The molecular formula is C15H20N2O. The lowest BCUT2D eigenvalue weighted by atomic mass is 10.1. The van der Waals surface area contributed by atoms with Gasteiger partial charge in [0, 0.05) is 17.6 Å². The highest BCUT2D eigenvalue weighted by molar-refractivity contribution is 5.92. The maximum atomic E-state index is 5.24. The smallest absolute Gasteiger partial charge is 0.134 e. The molecule has 0 unspecified atom stereocenters. The van der Waals surface area contributed by atoms with E-state index in [0.717, 1.165) is 35.2 Å². The number of fused-ring (bicyclic) bond motifs is 1. The largest absolute Gasteiger partial charge is 0.497 e. The lowest BCUT2D eigenvalue weighted by molar-refractivity contribution is 0.415.